The number of likely N-dealkylation sites (tertiary alicyclic amines) is 1. The molecule has 0 unspecified atom stereocenters. The number of rotatable bonds is 6. The monoisotopic (exact) mass is 441 g/mol. The van der Waals surface area contributed by atoms with Gasteiger partial charge in [-0.05, 0) is 76.8 Å². The lowest BCUT2D eigenvalue weighted by molar-refractivity contribution is -0.132. The molecule has 1 saturated heterocycles. The van der Waals surface area contributed by atoms with E-state index < -0.39 is 15.9 Å². The molecule has 3 rings (SSSR count). The van der Waals surface area contributed by atoms with Gasteiger partial charge in [0.25, 0.3) is 0 Å². The second-order valence-electron chi connectivity index (χ2n) is 8.72. The summed E-state index contributed by atoms with van der Waals surface area (Å²) in [5.74, 6) is -0.134. The van der Waals surface area contributed by atoms with Crippen LogP contribution in [0.15, 0.2) is 29.2 Å². The second-order valence-corrected chi connectivity index (χ2v) is 11.2. The first-order chi connectivity index (χ1) is 13.6. The third-order valence-corrected chi connectivity index (χ3v) is 8.70. The van der Waals surface area contributed by atoms with Crippen LogP contribution in [0.3, 0.4) is 0 Å². The topological polar surface area (TPSA) is 83.7 Å². The van der Waals surface area contributed by atoms with E-state index in [0.717, 1.165) is 19.3 Å². The minimum absolute atomic E-state index is 0.0285. The standard InChI is InChI=1S/C21H32ClN3O3S/c1-14(2)24(3)17-6-9-20(25-11-10-19(23)21(25)26)15(12-17)13-29(27,28)18-7-4-16(22)5-8-18/h4-5,7-8,14-15,17,19-20H,6,9-13,23H2,1-3H3/t15-,17+,19-,20-/m0/s1. The van der Waals surface area contributed by atoms with Crippen molar-refractivity contribution in [1.29, 1.82) is 0 Å². The van der Waals surface area contributed by atoms with Gasteiger partial charge in [-0.3, -0.25) is 4.79 Å². The number of hydrogen-bond acceptors (Lipinski definition) is 5. The normalized spacial score (nSPS) is 28.5. The summed E-state index contributed by atoms with van der Waals surface area (Å²) in [6.07, 6.45) is 3.16. The summed E-state index contributed by atoms with van der Waals surface area (Å²) in [6, 6.07) is 6.48. The summed E-state index contributed by atoms with van der Waals surface area (Å²) < 4.78 is 26.3. The lowest BCUT2D eigenvalue weighted by Gasteiger charge is -2.44. The summed E-state index contributed by atoms with van der Waals surface area (Å²) in [4.78, 5) is 17.0. The van der Waals surface area contributed by atoms with Crippen molar-refractivity contribution in [1.82, 2.24) is 9.80 Å². The molecule has 2 aliphatic rings. The van der Waals surface area contributed by atoms with E-state index in [2.05, 4.69) is 25.8 Å². The minimum atomic E-state index is -3.49. The molecule has 2 fully saturated rings. The van der Waals surface area contributed by atoms with Crippen LogP contribution in [0.1, 0.15) is 39.5 Å². The molecule has 6 nitrogen and oxygen atoms in total. The number of halogens is 1. The van der Waals surface area contributed by atoms with Crippen molar-refractivity contribution in [3.63, 3.8) is 0 Å². The van der Waals surface area contributed by atoms with E-state index in [1.54, 1.807) is 24.3 Å². The van der Waals surface area contributed by atoms with E-state index >= 15 is 0 Å². The predicted molar refractivity (Wildman–Crippen MR) is 116 cm³/mol. The zero-order valence-corrected chi connectivity index (χ0v) is 19.0. The van der Waals surface area contributed by atoms with Gasteiger partial charge in [0.1, 0.15) is 0 Å². The van der Waals surface area contributed by atoms with E-state index in [4.69, 9.17) is 17.3 Å². The van der Waals surface area contributed by atoms with E-state index in [0.29, 0.717) is 30.1 Å². The number of carbonyl (C=O) groups is 1. The van der Waals surface area contributed by atoms with Crippen molar-refractivity contribution in [3.8, 4) is 0 Å². The Kier molecular flexibility index (Phi) is 6.93. The molecule has 1 aliphatic carbocycles. The van der Waals surface area contributed by atoms with Gasteiger partial charge in [-0.15, -0.1) is 0 Å². The molecule has 0 bridgehead atoms. The molecule has 1 aliphatic heterocycles. The summed E-state index contributed by atoms with van der Waals surface area (Å²) in [5, 5.41) is 0.509. The summed E-state index contributed by atoms with van der Waals surface area (Å²) >= 11 is 5.92. The molecule has 0 aromatic heterocycles. The first kappa shape index (κ1) is 22.5. The molecule has 162 valence electrons. The van der Waals surface area contributed by atoms with Gasteiger partial charge in [-0.25, -0.2) is 8.42 Å². The van der Waals surface area contributed by atoms with Crippen molar-refractivity contribution in [2.75, 3.05) is 19.3 Å². The van der Waals surface area contributed by atoms with Gasteiger partial charge in [0.15, 0.2) is 9.84 Å². The SMILES string of the molecule is CC(C)N(C)[C@@H]1CC[C@H](N2CC[C@H](N)C2=O)[C@H](CS(=O)(=O)c2ccc(Cl)cc2)C1. The first-order valence-corrected chi connectivity index (χ1v) is 12.4. The Bertz CT molecular complexity index is 828. The van der Waals surface area contributed by atoms with Crippen molar-refractivity contribution in [3.05, 3.63) is 29.3 Å². The molecule has 29 heavy (non-hydrogen) atoms. The Morgan fingerprint density at radius 3 is 2.41 bits per heavy atom. The Balaban J connectivity index is 1.85. The van der Waals surface area contributed by atoms with Crippen LogP contribution >= 0.6 is 11.6 Å². The van der Waals surface area contributed by atoms with Gasteiger partial charge in [-0.1, -0.05) is 11.6 Å². The molecular formula is C21H32ClN3O3S. The highest BCUT2D eigenvalue weighted by atomic mass is 35.5. The molecule has 1 amide bonds. The molecule has 1 saturated carbocycles. The third kappa shape index (κ3) is 4.95. The number of nitrogens with zero attached hydrogens (tertiary/aromatic N) is 2. The summed E-state index contributed by atoms with van der Waals surface area (Å²) in [6.45, 7) is 4.91. The molecule has 1 aromatic carbocycles. The Morgan fingerprint density at radius 1 is 1.21 bits per heavy atom. The fourth-order valence-corrected chi connectivity index (χ4v) is 6.47. The maximum Gasteiger partial charge on any atom is 0.239 e. The summed E-state index contributed by atoms with van der Waals surface area (Å²) in [7, 11) is -1.39. The van der Waals surface area contributed by atoms with Gasteiger partial charge in [0.05, 0.1) is 16.7 Å². The smallest absolute Gasteiger partial charge is 0.239 e. The Morgan fingerprint density at radius 2 is 1.86 bits per heavy atom. The van der Waals surface area contributed by atoms with Crippen LogP contribution in [-0.2, 0) is 14.6 Å². The number of benzene rings is 1. The molecular weight excluding hydrogens is 410 g/mol. The maximum absolute atomic E-state index is 13.1. The van der Waals surface area contributed by atoms with Gasteiger partial charge >= 0.3 is 0 Å². The van der Waals surface area contributed by atoms with Crippen LogP contribution in [0.5, 0.6) is 0 Å². The lowest BCUT2D eigenvalue weighted by Crippen LogP contribution is -2.52. The average Bonchev–Trinajstić information content (AvgIpc) is 3.00. The highest BCUT2D eigenvalue weighted by Gasteiger charge is 2.43. The molecule has 0 spiro atoms. The summed E-state index contributed by atoms with van der Waals surface area (Å²) in [5.41, 5.74) is 5.94. The highest BCUT2D eigenvalue weighted by molar-refractivity contribution is 7.91. The van der Waals surface area contributed by atoms with Crippen LogP contribution in [0, 0.1) is 5.92 Å². The van der Waals surface area contributed by atoms with Crippen LogP contribution in [0.2, 0.25) is 5.02 Å². The van der Waals surface area contributed by atoms with Crippen LogP contribution in [-0.4, -0.2) is 67.6 Å². The molecule has 2 N–H and O–H groups in total. The molecule has 4 atom stereocenters. The number of sulfone groups is 1. The first-order valence-electron chi connectivity index (χ1n) is 10.4. The van der Waals surface area contributed by atoms with Crippen molar-refractivity contribution in [2.45, 2.75) is 68.6 Å². The fraction of sp³-hybridized carbons (Fsp3) is 0.667. The van der Waals surface area contributed by atoms with Crippen molar-refractivity contribution >= 4 is 27.3 Å². The number of nitrogens with two attached hydrogens (primary N) is 1. The van der Waals surface area contributed by atoms with E-state index in [1.165, 1.54) is 0 Å². The van der Waals surface area contributed by atoms with Crippen LogP contribution < -0.4 is 5.73 Å². The van der Waals surface area contributed by atoms with Crippen LogP contribution in [0.25, 0.3) is 0 Å². The minimum Gasteiger partial charge on any atom is -0.338 e. The Hall–Kier alpha value is -1.15. The fourth-order valence-electron chi connectivity index (χ4n) is 4.68. The zero-order valence-electron chi connectivity index (χ0n) is 17.4. The molecule has 8 heteroatoms. The van der Waals surface area contributed by atoms with E-state index in [9.17, 15) is 13.2 Å². The largest absolute Gasteiger partial charge is 0.338 e. The zero-order chi connectivity index (χ0) is 21.3. The van der Waals surface area contributed by atoms with Gasteiger partial charge in [0.2, 0.25) is 5.91 Å². The van der Waals surface area contributed by atoms with Crippen molar-refractivity contribution in [2.24, 2.45) is 11.7 Å². The molecule has 1 heterocycles. The maximum atomic E-state index is 13.1. The van der Waals surface area contributed by atoms with Gasteiger partial charge in [-0.2, -0.15) is 0 Å². The van der Waals surface area contributed by atoms with Gasteiger partial charge in [0, 0.05) is 29.7 Å². The van der Waals surface area contributed by atoms with Crippen molar-refractivity contribution < 1.29 is 13.2 Å². The number of carbonyl (C=O) groups excluding carboxylic acids is 1. The van der Waals surface area contributed by atoms with Gasteiger partial charge < -0.3 is 15.5 Å². The number of amides is 1. The van der Waals surface area contributed by atoms with E-state index in [1.807, 2.05) is 4.90 Å². The molecule has 0 radical (unpaired) electrons. The lowest BCUT2D eigenvalue weighted by atomic mass is 9.81. The quantitative estimate of drug-likeness (QED) is 0.733. The second kappa shape index (κ2) is 8.92. The number of hydrogen-bond donors (Lipinski definition) is 1. The van der Waals surface area contributed by atoms with Crippen LogP contribution in [0.4, 0.5) is 0 Å². The Labute approximate surface area is 179 Å². The highest BCUT2D eigenvalue weighted by Crippen LogP contribution is 2.35. The third-order valence-electron chi connectivity index (χ3n) is 6.59. The predicted octanol–water partition coefficient (Wildman–Crippen LogP) is 2.55. The van der Waals surface area contributed by atoms with E-state index in [-0.39, 0.29) is 28.5 Å². The average molecular weight is 442 g/mol. The molecule has 1 aromatic rings.